The molecule has 4 rings (SSSR count). The van der Waals surface area contributed by atoms with Crippen LogP contribution in [0.15, 0.2) is 54.6 Å². The molecule has 1 aliphatic rings. The number of nitrogens with zero attached hydrogens (tertiary/aromatic N) is 3. The molecule has 0 amide bonds. The van der Waals surface area contributed by atoms with E-state index in [4.69, 9.17) is 19.4 Å². The molecular weight excluding hydrogens is 328 g/mol. The van der Waals surface area contributed by atoms with Gasteiger partial charge in [-0.05, 0) is 24.3 Å². The van der Waals surface area contributed by atoms with Crippen molar-refractivity contribution in [3.63, 3.8) is 0 Å². The van der Waals surface area contributed by atoms with Gasteiger partial charge in [0.1, 0.15) is 19.0 Å². The van der Waals surface area contributed by atoms with Gasteiger partial charge in [-0.1, -0.05) is 30.3 Å². The minimum atomic E-state index is 0.418. The summed E-state index contributed by atoms with van der Waals surface area (Å²) in [6, 6.07) is 17.6. The molecule has 3 aromatic rings. The number of benzene rings is 2. The largest absolute Gasteiger partial charge is 0.490 e. The number of aromatic nitrogens is 2. The van der Waals surface area contributed by atoms with Crippen molar-refractivity contribution in [1.29, 1.82) is 0 Å². The summed E-state index contributed by atoms with van der Waals surface area (Å²) in [7, 11) is 0. The number of piperazine rings is 1. The molecule has 1 fully saturated rings. The SMILES string of the molecule is c1ccc(OCCOc2nc3ccccc3nc2N2CCNCC2)cc1. The predicted octanol–water partition coefficient (Wildman–Crippen LogP) is 2.50. The molecule has 0 bridgehead atoms. The molecule has 26 heavy (non-hydrogen) atoms. The summed E-state index contributed by atoms with van der Waals surface area (Å²) in [4.78, 5) is 11.7. The van der Waals surface area contributed by atoms with E-state index in [2.05, 4.69) is 10.2 Å². The highest BCUT2D eigenvalue weighted by Gasteiger charge is 2.19. The first-order valence-corrected chi connectivity index (χ1v) is 8.93. The molecule has 0 saturated carbocycles. The van der Waals surface area contributed by atoms with E-state index in [-0.39, 0.29) is 0 Å². The van der Waals surface area contributed by atoms with Gasteiger partial charge in [0.25, 0.3) is 5.88 Å². The van der Waals surface area contributed by atoms with Crippen LogP contribution in [-0.4, -0.2) is 49.4 Å². The van der Waals surface area contributed by atoms with Crippen molar-refractivity contribution in [3.8, 4) is 11.6 Å². The maximum Gasteiger partial charge on any atom is 0.258 e. The first-order valence-electron chi connectivity index (χ1n) is 8.93. The maximum atomic E-state index is 5.96. The topological polar surface area (TPSA) is 59.5 Å². The van der Waals surface area contributed by atoms with Gasteiger partial charge in [-0.15, -0.1) is 0 Å². The molecule has 6 heteroatoms. The molecule has 0 unspecified atom stereocenters. The van der Waals surface area contributed by atoms with Crippen molar-refractivity contribution >= 4 is 16.9 Å². The number of fused-ring (bicyclic) bond motifs is 1. The highest BCUT2D eigenvalue weighted by Crippen LogP contribution is 2.27. The average Bonchev–Trinajstić information content (AvgIpc) is 2.72. The molecule has 0 aliphatic carbocycles. The van der Waals surface area contributed by atoms with Gasteiger partial charge in [-0.3, -0.25) is 0 Å². The number of ether oxygens (including phenoxy) is 2. The first-order chi connectivity index (χ1) is 12.9. The summed E-state index contributed by atoms with van der Waals surface area (Å²) < 4.78 is 11.7. The van der Waals surface area contributed by atoms with Crippen molar-refractivity contribution in [1.82, 2.24) is 15.3 Å². The van der Waals surface area contributed by atoms with Gasteiger partial charge in [0, 0.05) is 26.2 Å². The van der Waals surface area contributed by atoms with Crippen LogP contribution in [0.4, 0.5) is 5.82 Å². The summed E-state index contributed by atoms with van der Waals surface area (Å²) in [5, 5.41) is 3.36. The quantitative estimate of drug-likeness (QED) is 0.690. The highest BCUT2D eigenvalue weighted by atomic mass is 16.5. The summed E-state index contributed by atoms with van der Waals surface area (Å²) in [5.74, 6) is 2.22. The Hall–Kier alpha value is -2.86. The van der Waals surface area contributed by atoms with E-state index in [0.717, 1.165) is 48.8 Å². The third-order valence-electron chi connectivity index (χ3n) is 4.27. The second-order valence-corrected chi connectivity index (χ2v) is 6.09. The predicted molar refractivity (Wildman–Crippen MR) is 102 cm³/mol. The molecule has 2 aromatic carbocycles. The van der Waals surface area contributed by atoms with E-state index >= 15 is 0 Å². The van der Waals surface area contributed by atoms with Crippen molar-refractivity contribution in [2.75, 3.05) is 44.3 Å². The normalized spacial score (nSPS) is 14.4. The second-order valence-electron chi connectivity index (χ2n) is 6.09. The standard InChI is InChI=1S/C20H22N4O2/c1-2-6-16(7-3-1)25-14-15-26-20-19(24-12-10-21-11-13-24)22-17-8-4-5-9-18(17)23-20/h1-9,21H,10-15H2. The van der Waals surface area contributed by atoms with E-state index in [1.165, 1.54) is 0 Å². The fourth-order valence-corrected chi connectivity index (χ4v) is 2.97. The number of rotatable bonds is 6. The van der Waals surface area contributed by atoms with Crippen LogP contribution in [0, 0.1) is 0 Å². The zero-order chi connectivity index (χ0) is 17.6. The lowest BCUT2D eigenvalue weighted by molar-refractivity contribution is 0.212. The molecule has 1 aromatic heterocycles. The van der Waals surface area contributed by atoms with Crippen LogP contribution < -0.4 is 19.7 Å². The zero-order valence-electron chi connectivity index (χ0n) is 14.6. The number of hydrogen-bond acceptors (Lipinski definition) is 6. The van der Waals surface area contributed by atoms with E-state index in [0.29, 0.717) is 19.1 Å². The summed E-state index contributed by atoms with van der Waals surface area (Å²) in [5.41, 5.74) is 1.72. The molecule has 1 saturated heterocycles. The van der Waals surface area contributed by atoms with Gasteiger partial charge in [0.05, 0.1) is 11.0 Å². The minimum Gasteiger partial charge on any atom is -0.490 e. The van der Waals surface area contributed by atoms with Crippen LogP contribution in [0.3, 0.4) is 0 Å². The molecular formula is C20H22N4O2. The molecule has 6 nitrogen and oxygen atoms in total. The van der Waals surface area contributed by atoms with Crippen LogP contribution in [0.25, 0.3) is 11.0 Å². The van der Waals surface area contributed by atoms with Crippen LogP contribution >= 0.6 is 0 Å². The van der Waals surface area contributed by atoms with Crippen LogP contribution in [0.5, 0.6) is 11.6 Å². The Bertz CT molecular complexity index is 851. The molecule has 1 aliphatic heterocycles. The van der Waals surface area contributed by atoms with Crippen LogP contribution in [0.2, 0.25) is 0 Å². The lowest BCUT2D eigenvalue weighted by Gasteiger charge is -2.29. The second kappa shape index (κ2) is 8.01. The molecule has 0 radical (unpaired) electrons. The maximum absolute atomic E-state index is 5.96. The van der Waals surface area contributed by atoms with Gasteiger partial charge in [0.15, 0.2) is 5.82 Å². The summed E-state index contributed by atoms with van der Waals surface area (Å²) in [6.07, 6.45) is 0. The smallest absolute Gasteiger partial charge is 0.258 e. The third-order valence-corrected chi connectivity index (χ3v) is 4.27. The van der Waals surface area contributed by atoms with Crippen molar-refractivity contribution in [2.45, 2.75) is 0 Å². The van der Waals surface area contributed by atoms with Gasteiger partial charge in [-0.2, -0.15) is 0 Å². The Kier molecular flexibility index (Phi) is 5.12. The van der Waals surface area contributed by atoms with E-state index in [1.54, 1.807) is 0 Å². The molecule has 1 N–H and O–H groups in total. The van der Waals surface area contributed by atoms with Crippen molar-refractivity contribution in [2.24, 2.45) is 0 Å². The Balaban J connectivity index is 1.50. The number of anilines is 1. The Labute approximate surface area is 152 Å². The van der Waals surface area contributed by atoms with Gasteiger partial charge < -0.3 is 19.7 Å². The Morgan fingerprint density at radius 1 is 0.808 bits per heavy atom. The molecule has 0 atom stereocenters. The molecule has 0 spiro atoms. The van der Waals surface area contributed by atoms with Gasteiger partial charge in [0.2, 0.25) is 0 Å². The average molecular weight is 350 g/mol. The zero-order valence-corrected chi connectivity index (χ0v) is 14.6. The summed E-state index contributed by atoms with van der Waals surface area (Å²) >= 11 is 0. The third kappa shape index (κ3) is 3.86. The lowest BCUT2D eigenvalue weighted by atomic mass is 10.3. The molecule has 134 valence electrons. The van der Waals surface area contributed by atoms with E-state index < -0.39 is 0 Å². The highest BCUT2D eigenvalue weighted by molar-refractivity contribution is 5.77. The monoisotopic (exact) mass is 350 g/mol. The van der Waals surface area contributed by atoms with Crippen LogP contribution in [0.1, 0.15) is 0 Å². The van der Waals surface area contributed by atoms with E-state index in [1.807, 2.05) is 54.6 Å². The lowest BCUT2D eigenvalue weighted by Crippen LogP contribution is -2.44. The van der Waals surface area contributed by atoms with Gasteiger partial charge >= 0.3 is 0 Å². The number of hydrogen-bond donors (Lipinski definition) is 1. The Morgan fingerprint density at radius 2 is 1.46 bits per heavy atom. The first kappa shape index (κ1) is 16.6. The van der Waals surface area contributed by atoms with Gasteiger partial charge in [-0.25, -0.2) is 9.97 Å². The minimum absolute atomic E-state index is 0.418. The van der Waals surface area contributed by atoms with E-state index in [9.17, 15) is 0 Å². The fraction of sp³-hybridized carbons (Fsp3) is 0.300. The summed E-state index contributed by atoms with van der Waals surface area (Å²) in [6.45, 7) is 4.53. The molecule has 2 heterocycles. The fourth-order valence-electron chi connectivity index (χ4n) is 2.97. The van der Waals surface area contributed by atoms with Crippen molar-refractivity contribution in [3.05, 3.63) is 54.6 Å². The van der Waals surface area contributed by atoms with Crippen LogP contribution in [-0.2, 0) is 0 Å². The number of para-hydroxylation sites is 3. The number of nitrogens with one attached hydrogen (secondary N) is 1. The van der Waals surface area contributed by atoms with Crippen molar-refractivity contribution < 1.29 is 9.47 Å². The Morgan fingerprint density at radius 3 is 2.23 bits per heavy atom.